The number of carbonyl (C=O) groups excluding carboxylic acids is 3. The van der Waals surface area contributed by atoms with Gasteiger partial charge in [-0.15, -0.1) is 9.30 Å². The number of amides is 1. The molecule has 21 heavy (non-hydrogen) atoms. The zero-order valence-corrected chi connectivity index (χ0v) is 11.0. The van der Waals surface area contributed by atoms with Crippen molar-refractivity contribution in [1.82, 2.24) is 14.8 Å². The van der Waals surface area contributed by atoms with Crippen molar-refractivity contribution in [3.05, 3.63) is 12.2 Å². The van der Waals surface area contributed by atoms with Crippen LogP contribution in [0, 0.1) is 0 Å². The van der Waals surface area contributed by atoms with Crippen molar-refractivity contribution < 1.29 is 37.3 Å². The maximum Gasteiger partial charge on any atom is 0.510 e. The normalized spacial score (nSPS) is 25.0. The van der Waals surface area contributed by atoms with Gasteiger partial charge in [-0.05, 0) is 0 Å². The van der Waals surface area contributed by atoms with Crippen LogP contribution in [0.4, 0.5) is 4.20 Å². The van der Waals surface area contributed by atoms with Gasteiger partial charge in [-0.1, -0.05) is 0 Å². The third-order valence-corrected chi connectivity index (χ3v) is 2.87. The number of rotatable bonds is 5. The fourth-order valence-electron chi connectivity index (χ4n) is 1.52. The molecule has 1 aliphatic rings. The Bertz CT molecular complexity index is 655. The molecule has 0 aliphatic carbocycles. The Balaban J connectivity index is 2.12. The van der Waals surface area contributed by atoms with Gasteiger partial charge in [0, 0.05) is 0 Å². The zero-order valence-electron chi connectivity index (χ0n) is 10.1. The van der Waals surface area contributed by atoms with Crippen molar-refractivity contribution in [2.75, 3.05) is 6.61 Å². The second-order valence-electron chi connectivity index (χ2n) is 3.87. The molecule has 11 nitrogen and oxygen atoms in total. The molecule has 2 rings (SSSR count). The van der Waals surface area contributed by atoms with Crippen LogP contribution in [0.2, 0.25) is 0 Å². The van der Waals surface area contributed by atoms with E-state index in [4.69, 9.17) is 15.4 Å². The molecule has 0 spiro atoms. The molecule has 0 bridgehead atoms. The summed E-state index contributed by atoms with van der Waals surface area (Å²) in [5, 5.41) is 3.53. The van der Waals surface area contributed by atoms with Crippen LogP contribution in [-0.4, -0.2) is 49.8 Å². The lowest BCUT2D eigenvalue weighted by Gasteiger charge is -2.10. The molecule has 1 unspecified atom stereocenters. The third-order valence-electron chi connectivity index (χ3n) is 2.41. The molecule has 3 atom stereocenters. The zero-order chi connectivity index (χ0) is 15.8. The van der Waals surface area contributed by atoms with E-state index in [1.807, 2.05) is 0 Å². The first-order valence-corrected chi connectivity index (χ1v) is 6.77. The van der Waals surface area contributed by atoms with Crippen molar-refractivity contribution in [2.24, 2.45) is 5.73 Å². The number of ether oxygens (including phenoxy) is 1. The number of primary amides is 1. The van der Waals surface area contributed by atoms with E-state index in [0.717, 1.165) is 11.0 Å². The number of carbonyl (C=O) groups is 3. The van der Waals surface area contributed by atoms with E-state index in [1.54, 1.807) is 0 Å². The fraction of sp³-hybridized carbons (Fsp3) is 0.375. The number of hydrogen-bond donors (Lipinski definition) is 2. The Labute approximate surface area is 115 Å². The third kappa shape index (κ3) is 3.36. The average molecular weight is 322 g/mol. The summed E-state index contributed by atoms with van der Waals surface area (Å²) >= 11 is 0. The molecule has 0 saturated carbocycles. The number of halogens is 1. The second kappa shape index (κ2) is 5.41. The second-order valence-corrected chi connectivity index (χ2v) is 5.03. The summed E-state index contributed by atoms with van der Waals surface area (Å²) in [6.07, 6.45) is -2.17. The van der Waals surface area contributed by atoms with Gasteiger partial charge >= 0.3 is 7.91 Å². The molecule has 1 saturated heterocycles. The molecule has 1 aromatic rings. The Kier molecular flexibility index (Phi) is 3.96. The van der Waals surface area contributed by atoms with Gasteiger partial charge in [-0.2, -0.15) is 0 Å². The van der Waals surface area contributed by atoms with E-state index in [0.29, 0.717) is 0 Å². The van der Waals surface area contributed by atoms with Gasteiger partial charge in [0.25, 0.3) is 11.7 Å². The van der Waals surface area contributed by atoms with Crippen LogP contribution in [0.25, 0.3) is 0 Å². The molecule has 1 aromatic heterocycles. The highest BCUT2D eigenvalue weighted by molar-refractivity contribution is 7.46. The van der Waals surface area contributed by atoms with E-state index in [9.17, 15) is 23.1 Å². The number of hydrogen-bond acceptors (Lipinski definition) is 8. The lowest BCUT2D eigenvalue weighted by atomic mass is 10.2. The number of aromatic nitrogens is 3. The number of ketones is 2. The van der Waals surface area contributed by atoms with Gasteiger partial charge < -0.3 is 10.5 Å². The Morgan fingerprint density at radius 2 is 2.24 bits per heavy atom. The summed E-state index contributed by atoms with van der Waals surface area (Å²) in [5.41, 5.74) is 4.92. The molecular formula is C8H8FN4O7P. The minimum Gasteiger partial charge on any atom is -0.363 e. The highest BCUT2D eigenvalue weighted by Crippen LogP contribution is 2.43. The monoisotopic (exact) mass is 322 g/mol. The molecule has 13 heteroatoms. The van der Waals surface area contributed by atoms with Crippen molar-refractivity contribution in [3.8, 4) is 0 Å². The SMILES string of the molecule is NC(=O)c1ncn([C@@H]2O[C@H](COP(=O)(O)F)C(=O)C2=O)n1. The quantitative estimate of drug-likeness (QED) is 0.484. The van der Waals surface area contributed by atoms with Gasteiger partial charge in [-0.3, -0.25) is 23.8 Å². The van der Waals surface area contributed by atoms with Crippen LogP contribution in [0.1, 0.15) is 16.8 Å². The molecule has 2 heterocycles. The summed E-state index contributed by atoms with van der Waals surface area (Å²) in [6.45, 7) is -0.928. The van der Waals surface area contributed by atoms with Gasteiger partial charge in [0.2, 0.25) is 17.8 Å². The molecule has 1 aliphatic heterocycles. The van der Waals surface area contributed by atoms with Crippen LogP contribution < -0.4 is 5.73 Å². The lowest BCUT2D eigenvalue weighted by molar-refractivity contribution is -0.136. The minimum absolute atomic E-state index is 0.401. The highest BCUT2D eigenvalue weighted by Gasteiger charge is 2.45. The van der Waals surface area contributed by atoms with Crippen molar-refractivity contribution in [2.45, 2.75) is 12.3 Å². The Hall–Kier alpha value is -2.01. The first-order chi connectivity index (χ1) is 9.69. The maximum atomic E-state index is 12.3. The Morgan fingerprint density at radius 1 is 1.57 bits per heavy atom. The van der Waals surface area contributed by atoms with E-state index in [-0.39, 0.29) is 0 Å². The predicted octanol–water partition coefficient (Wildman–Crippen LogP) is -1.50. The Morgan fingerprint density at radius 3 is 2.76 bits per heavy atom. The molecule has 3 N–H and O–H groups in total. The first-order valence-electron chi connectivity index (χ1n) is 5.30. The summed E-state index contributed by atoms with van der Waals surface area (Å²) in [4.78, 5) is 45.8. The van der Waals surface area contributed by atoms with Crippen LogP contribution in [-0.2, 0) is 23.4 Å². The standard InChI is InChI=1S/C8H8FN4O7P/c9-21(17,18)19-1-3-4(14)5(15)8(20-3)13-2-11-7(12-13)6(10)16/h2-3,8H,1H2,(H2,10,16)(H,17,18)/t3-,8-/m1/s1. The average Bonchev–Trinajstić information content (AvgIpc) is 2.94. The molecular weight excluding hydrogens is 314 g/mol. The van der Waals surface area contributed by atoms with Crippen LogP contribution >= 0.6 is 7.91 Å². The van der Waals surface area contributed by atoms with Crippen molar-refractivity contribution in [1.29, 1.82) is 0 Å². The minimum atomic E-state index is -5.30. The van der Waals surface area contributed by atoms with Crippen LogP contribution in [0.5, 0.6) is 0 Å². The van der Waals surface area contributed by atoms with Gasteiger partial charge in [0.05, 0.1) is 6.61 Å². The van der Waals surface area contributed by atoms with Gasteiger partial charge in [0.1, 0.15) is 6.33 Å². The molecule has 0 aromatic carbocycles. The van der Waals surface area contributed by atoms with Gasteiger partial charge in [-0.25, -0.2) is 14.2 Å². The van der Waals surface area contributed by atoms with Gasteiger partial charge in [0.15, 0.2) is 6.10 Å². The fourth-order valence-corrected chi connectivity index (χ4v) is 1.84. The lowest BCUT2D eigenvalue weighted by Crippen LogP contribution is -2.24. The number of Topliss-reactive ketones (excluding diaryl/α,β-unsaturated/α-hetero) is 2. The van der Waals surface area contributed by atoms with E-state index >= 15 is 0 Å². The number of nitrogens with two attached hydrogens (primary N) is 1. The largest absolute Gasteiger partial charge is 0.510 e. The highest BCUT2D eigenvalue weighted by atomic mass is 31.2. The molecule has 1 fully saturated rings. The maximum absolute atomic E-state index is 12.3. The number of nitrogens with zero attached hydrogens (tertiary/aromatic N) is 3. The van der Waals surface area contributed by atoms with E-state index in [1.165, 1.54) is 0 Å². The van der Waals surface area contributed by atoms with Crippen LogP contribution in [0.15, 0.2) is 6.33 Å². The summed E-state index contributed by atoms with van der Waals surface area (Å²) in [5.74, 6) is -3.51. The topological polar surface area (TPSA) is 164 Å². The van der Waals surface area contributed by atoms with Crippen molar-refractivity contribution in [3.63, 3.8) is 0 Å². The molecule has 0 radical (unpaired) electrons. The summed E-state index contributed by atoms with van der Waals surface area (Å²) in [7, 11) is -5.30. The van der Waals surface area contributed by atoms with E-state index < -0.39 is 50.1 Å². The van der Waals surface area contributed by atoms with E-state index in [2.05, 4.69) is 14.6 Å². The summed E-state index contributed by atoms with van der Waals surface area (Å²) < 4.78 is 32.3. The predicted molar refractivity (Wildman–Crippen MR) is 59.3 cm³/mol. The van der Waals surface area contributed by atoms with Crippen molar-refractivity contribution >= 4 is 25.4 Å². The smallest absolute Gasteiger partial charge is 0.363 e. The molecule has 1 amide bonds. The first kappa shape index (κ1) is 15.4. The summed E-state index contributed by atoms with van der Waals surface area (Å²) in [6, 6.07) is 0. The van der Waals surface area contributed by atoms with Crippen LogP contribution in [0.3, 0.4) is 0 Å². The molecule has 114 valence electrons.